The number of nitro groups is 1. The molecule has 1 aliphatic heterocycles. The lowest BCUT2D eigenvalue weighted by Crippen LogP contribution is -2.24. The van der Waals surface area contributed by atoms with Gasteiger partial charge in [-0.15, -0.1) is 0 Å². The van der Waals surface area contributed by atoms with Crippen molar-refractivity contribution in [2.75, 3.05) is 18.4 Å². The predicted molar refractivity (Wildman–Crippen MR) is 74.8 cm³/mol. The van der Waals surface area contributed by atoms with Crippen LogP contribution in [0.5, 0.6) is 0 Å². The number of fused-ring (bicyclic) bond motifs is 1. The van der Waals surface area contributed by atoms with Crippen molar-refractivity contribution in [3.63, 3.8) is 0 Å². The van der Waals surface area contributed by atoms with Crippen LogP contribution in [0.15, 0.2) is 22.6 Å². The fraction of sp³-hybridized carbons (Fsp3) is 0.462. The maximum Gasteiger partial charge on any atom is 0.295 e. The molecule has 0 amide bonds. The Hall–Kier alpha value is -2.15. The van der Waals surface area contributed by atoms with E-state index < -0.39 is 4.92 Å². The molecule has 2 heterocycles. The van der Waals surface area contributed by atoms with Gasteiger partial charge < -0.3 is 15.1 Å². The van der Waals surface area contributed by atoms with Gasteiger partial charge in [-0.3, -0.25) is 10.1 Å². The first-order chi connectivity index (χ1) is 9.72. The molecule has 0 aliphatic carbocycles. The van der Waals surface area contributed by atoms with Gasteiger partial charge >= 0.3 is 0 Å². The minimum atomic E-state index is -0.444. The van der Waals surface area contributed by atoms with E-state index in [-0.39, 0.29) is 5.69 Å². The average Bonchev–Trinajstić information content (AvgIpc) is 3.06. The summed E-state index contributed by atoms with van der Waals surface area (Å²) in [6.45, 7) is 1.86. The molecule has 1 aromatic heterocycles. The minimum absolute atomic E-state index is 0.00959. The summed E-state index contributed by atoms with van der Waals surface area (Å²) in [5.41, 5.74) is 1.06. The Morgan fingerprint density at radius 3 is 3.20 bits per heavy atom. The maximum absolute atomic E-state index is 10.7. The summed E-state index contributed by atoms with van der Waals surface area (Å²) in [5, 5.41) is 17.2. The minimum Gasteiger partial charge on any atom is -0.423 e. The molecule has 7 nitrogen and oxygen atoms in total. The van der Waals surface area contributed by atoms with E-state index in [4.69, 9.17) is 4.42 Å². The predicted octanol–water partition coefficient (Wildman–Crippen LogP) is 2.29. The third kappa shape index (κ3) is 2.72. The molecule has 0 saturated carbocycles. The van der Waals surface area contributed by atoms with Crippen LogP contribution in [0.25, 0.3) is 11.1 Å². The topological polar surface area (TPSA) is 93.2 Å². The Labute approximate surface area is 115 Å². The largest absolute Gasteiger partial charge is 0.423 e. The summed E-state index contributed by atoms with van der Waals surface area (Å²) in [7, 11) is 0. The fourth-order valence-corrected chi connectivity index (χ4v) is 2.46. The van der Waals surface area contributed by atoms with Crippen LogP contribution in [-0.2, 0) is 0 Å². The van der Waals surface area contributed by atoms with Gasteiger partial charge in [0.2, 0.25) is 0 Å². The van der Waals surface area contributed by atoms with Gasteiger partial charge in [-0.25, -0.2) is 0 Å². The van der Waals surface area contributed by atoms with E-state index >= 15 is 0 Å². The number of benzene rings is 1. The Morgan fingerprint density at radius 2 is 2.45 bits per heavy atom. The Morgan fingerprint density at radius 1 is 1.55 bits per heavy atom. The zero-order valence-corrected chi connectivity index (χ0v) is 11.0. The van der Waals surface area contributed by atoms with Crippen LogP contribution in [0.1, 0.15) is 19.3 Å². The fourth-order valence-electron chi connectivity index (χ4n) is 2.46. The van der Waals surface area contributed by atoms with Crippen molar-refractivity contribution in [3.05, 3.63) is 28.3 Å². The molecule has 0 bridgehead atoms. The van der Waals surface area contributed by atoms with E-state index in [0.29, 0.717) is 23.2 Å². The molecule has 1 aromatic carbocycles. The van der Waals surface area contributed by atoms with Gasteiger partial charge in [0.15, 0.2) is 5.58 Å². The van der Waals surface area contributed by atoms with Crippen molar-refractivity contribution < 1.29 is 9.34 Å². The van der Waals surface area contributed by atoms with Gasteiger partial charge in [-0.2, -0.15) is 4.98 Å². The standard InChI is InChI=1S/C13H16N4O3/c18-17(19)10-3-4-11-12(8-10)20-13(16-11)15-7-5-9-2-1-6-14-9/h3-4,8-9,14H,1-2,5-7H2,(H,15,16)/t9-/m0/s1. The number of nitro benzene ring substituents is 1. The monoisotopic (exact) mass is 276 g/mol. The number of oxazole rings is 1. The van der Waals surface area contributed by atoms with E-state index in [9.17, 15) is 10.1 Å². The third-order valence-corrected chi connectivity index (χ3v) is 3.51. The molecule has 2 aromatic rings. The van der Waals surface area contributed by atoms with Crippen LogP contribution in [0.3, 0.4) is 0 Å². The smallest absolute Gasteiger partial charge is 0.295 e. The van der Waals surface area contributed by atoms with Gasteiger partial charge in [-0.05, 0) is 31.9 Å². The number of rotatable bonds is 5. The van der Waals surface area contributed by atoms with Crippen LogP contribution < -0.4 is 10.6 Å². The molecule has 0 unspecified atom stereocenters. The van der Waals surface area contributed by atoms with Crippen molar-refractivity contribution in [2.45, 2.75) is 25.3 Å². The van der Waals surface area contributed by atoms with Gasteiger partial charge in [0.05, 0.1) is 11.0 Å². The van der Waals surface area contributed by atoms with Crippen LogP contribution >= 0.6 is 0 Å². The summed E-state index contributed by atoms with van der Waals surface area (Å²) in [6, 6.07) is 5.40. The molecule has 1 aliphatic rings. The molecule has 106 valence electrons. The first-order valence-corrected chi connectivity index (χ1v) is 6.74. The number of hydrogen-bond acceptors (Lipinski definition) is 6. The van der Waals surface area contributed by atoms with Gasteiger partial charge in [-0.1, -0.05) is 0 Å². The number of nitrogens with one attached hydrogen (secondary N) is 2. The molecular formula is C13H16N4O3. The molecule has 20 heavy (non-hydrogen) atoms. The summed E-state index contributed by atoms with van der Waals surface area (Å²) >= 11 is 0. The van der Waals surface area contributed by atoms with E-state index in [0.717, 1.165) is 19.5 Å². The second-order valence-electron chi connectivity index (χ2n) is 4.94. The maximum atomic E-state index is 10.7. The van der Waals surface area contributed by atoms with Gasteiger partial charge in [0.25, 0.3) is 11.7 Å². The lowest BCUT2D eigenvalue weighted by Gasteiger charge is -2.09. The number of nitrogens with zero attached hydrogens (tertiary/aromatic N) is 2. The highest BCUT2D eigenvalue weighted by atomic mass is 16.6. The number of hydrogen-bond donors (Lipinski definition) is 2. The SMILES string of the molecule is O=[N+]([O-])c1ccc2nc(NCC[C@@H]3CCCN3)oc2c1. The highest BCUT2D eigenvalue weighted by molar-refractivity contribution is 5.77. The summed E-state index contributed by atoms with van der Waals surface area (Å²) in [6.07, 6.45) is 3.46. The summed E-state index contributed by atoms with van der Waals surface area (Å²) in [4.78, 5) is 14.5. The van der Waals surface area contributed by atoms with Crippen LogP contribution in [0, 0.1) is 10.1 Å². The normalized spacial score (nSPS) is 18.5. The third-order valence-electron chi connectivity index (χ3n) is 3.51. The highest BCUT2D eigenvalue weighted by Gasteiger charge is 2.14. The van der Waals surface area contributed by atoms with E-state index in [2.05, 4.69) is 15.6 Å². The van der Waals surface area contributed by atoms with E-state index in [1.807, 2.05) is 0 Å². The number of non-ortho nitro benzene ring substituents is 1. The van der Waals surface area contributed by atoms with Crippen molar-refractivity contribution in [1.82, 2.24) is 10.3 Å². The van der Waals surface area contributed by atoms with E-state index in [1.165, 1.54) is 25.0 Å². The molecule has 3 rings (SSSR count). The molecule has 7 heteroatoms. The lowest BCUT2D eigenvalue weighted by molar-refractivity contribution is -0.384. The van der Waals surface area contributed by atoms with Crippen molar-refractivity contribution in [2.24, 2.45) is 0 Å². The molecule has 1 fully saturated rings. The average molecular weight is 276 g/mol. The zero-order chi connectivity index (χ0) is 13.9. The van der Waals surface area contributed by atoms with Crippen LogP contribution in [0.2, 0.25) is 0 Å². The van der Waals surface area contributed by atoms with E-state index in [1.54, 1.807) is 6.07 Å². The second-order valence-corrected chi connectivity index (χ2v) is 4.94. The Balaban J connectivity index is 1.64. The molecule has 2 N–H and O–H groups in total. The second kappa shape index (κ2) is 5.46. The van der Waals surface area contributed by atoms with Crippen molar-refractivity contribution >= 4 is 22.8 Å². The Kier molecular flexibility index (Phi) is 3.51. The van der Waals surface area contributed by atoms with Crippen LogP contribution in [0.4, 0.5) is 11.7 Å². The zero-order valence-electron chi connectivity index (χ0n) is 11.0. The quantitative estimate of drug-likeness (QED) is 0.643. The van der Waals surface area contributed by atoms with Gasteiger partial charge in [0, 0.05) is 18.7 Å². The summed E-state index contributed by atoms with van der Waals surface area (Å²) in [5.74, 6) is 0. The molecule has 1 saturated heterocycles. The molecule has 0 radical (unpaired) electrons. The first kappa shape index (κ1) is 12.9. The summed E-state index contributed by atoms with van der Waals surface area (Å²) < 4.78 is 5.48. The van der Waals surface area contributed by atoms with Crippen LogP contribution in [-0.4, -0.2) is 29.0 Å². The first-order valence-electron chi connectivity index (χ1n) is 6.74. The van der Waals surface area contributed by atoms with Crippen molar-refractivity contribution in [3.8, 4) is 0 Å². The molecule has 0 spiro atoms. The number of anilines is 1. The van der Waals surface area contributed by atoms with Crippen molar-refractivity contribution in [1.29, 1.82) is 0 Å². The Bertz CT molecular complexity index is 619. The molecular weight excluding hydrogens is 260 g/mol. The highest BCUT2D eigenvalue weighted by Crippen LogP contribution is 2.23. The van der Waals surface area contributed by atoms with Gasteiger partial charge in [0.1, 0.15) is 5.52 Å². The molecule has 1 atom stereocenters. The lowest BCUT2D eigenvalue weighted by atomic mass is 10.2. The number of aromatic nitrogens is 1.